The summed E-state index contributed by atoms with van der Waals surface area (Å²) >= 11 is 5.70. The highest BCUT2D eigenvalue weighted by Crippen LogP contribution is 2.23. The number of rotatable bonds is 5. The normalized spacial score (nSPS) is 10.6. The Morgan fingerprint density at radius 3 is 2.65 bits per heavy atom. The Bertz CT molecular complexity index is 803. The Morgan fingerprint density at radius 1 is 1.17 bits per heavy atom. The molecule has 3 aromatic rings. The van der Waals surface area contributed by atoms with Crippen LogP contribution in [0.4, 0.5) is 0 Å². The molecule has 6 heteroatoms. The van der Waals surface area contributed by atoms with E-state index in [2.05, 4.69) is 43.6 Å². The second-order valence-electron chi connectivity index (χ2n) is 4.84. The third kappa shape index (κ3) is 4.06. The van der Waals surface area contributed by atoms with Crippen molar-refractivity contribution in [2.75, 3.05) is 7.11 Å². The Hall–Kier alpha value is -1.54. The summed E-state index contributed by atoms with van der Waals surface area (Å²) in [5.41, 5.74) is 2.05. The monoisotopic (exact) mass is 484 g/mol. The average molecular weight is 485 g/mol. The van der Waals surface area contributed by atoms with E-state index in [9.17, 15) is 0 Å². The van der Waals surface area contributed by atoms with Crippen molar-refractivity contribution in [3.8, 4) is 17.3 Å². The minimum Gasteiger partial charge on any atom is -0.497 e. The maximum atomic E-state index is 5.84. The number of hydrogen-bond donors (Lipinski definition) is 0. The number of hydrogen-bond acceptors (Lipinski definition) is 3. The molecule has 0 amide bonds. The minimum atomic E-state index is 0.468. The van der Waals surface area contributed by atoms with E-state index < -0.39 is 0 Å². The molecule has 0 saturated heterocycles. The Kier molecular flexibility index (Phi) is 5.22. The van der Waals surface area contributed by atoms with Crippen LogP contribution in [0.1, 0.15) is 5.56 Å². The number of methoxy groups -OCH3 is 1. The topological polar surface area (TPSA) is 36.3 Å². The summed E-state index contributed by atoms with van der Waals surface area (Å²) in [7, 11) is 1.66. The zero-order valence-corrected chi connectivity index (χ0v) is 16.1. The van der Waals surface area contributed by atoms with Gasteiger partial charge in [-0.3, -0.25) is 0 Å². The zero-order chi connectivity index (χ0) is 16.2. The first kappa shape index (κ1) is 16.3. The van der Waals surface area contributed by atoms with Crippen LogP contribution in [-0.2, 0) is 6.61 Å². The molecule has 23 heavy (non-hydrogen) atoms. The summed E-state index contributed by atoms with van der Waals surface area (Å²) in [6, 6.07) is 15.8. The molecule has 0 spiro atoms. The number of benzene rings is 2. The van der Waals surface area contributed by atoms with Crippen LogP contribution in [0.25, 0.3) is 5.69 Å². The van der Waals surface area contributed by atoms with Crippen LogP contribution < -0.4 is 9.47 Å². The molecule has 1 heterocycles. The Morgan fingerprint density at radius 2 is 1.96 bits per heavy atom. The zero-order valence-electron chi connectivity index (χ0n) is 12.4. The van der Waals surface area contributed by atoms with Gasteiger partial charge in [-0.2, -0.15) is 0 Å². The summed E-state index contributed by atoms with van der Waals surface area (Å²) in [5.74, 6) is 1.46. The van der Waals surface area contributed by atoms with Gasteiger partial charge in [0.2, 0.25) is 5.88 Å². The third-order valence-corrected chi connectivity index (χ3v) is 4.48. The van der Waals surface area contributed by atoms with Gasteiger partial charge in [0.15, 0.2) is 0 Å². The fraction of sp³-hybridized carbons (Fsp3) is 0.118. The molecule has 2 aromatic carbocycles. The lowest BCUT2D eigenvalue weighted by molar-refractivity contribution is 0.289. The molecule has 4 nitrogen and oxygen atoms in total. The Labute approximate surface area is 156 Å². The van der Waals surface area contributed by atoms with E-state index in [0.717, 1.165) is 25.0 Å². The molecule has 3 rings (SSSR count). The minimum absolute atomic E-state index is 0.468. The molecular weight excluding hydrogens is 471 g/mol. The van der Waals surface area contributed by atoms with E-state index in [0.29, 0.717) is 12.5 Å². The van der Waals surface area contributed by atoms with Gasteiger partial charge in [0.1, 0.15) is 12.4 Å². The number of ether oxygens (including phenoxy) is 2. The molecule has 1 aromatic heterocycles. The summed E-state index contributed by atoms with van der Waals surface area (Å²) in [6.07, 6.45) is 1.95. The molecule has 0 aliphatic heterocycles. The highest BCUT2D eigenvalue weighted by molar-refractivity contribution is 14.1. The van der Waals surface area contributed by atoms with E-state index in [1.54, 1.807) is 7.11 Å². The Balaban J connectivity index is 1.73. The van der Waals surface area contributed by atoms with Gasteiger partial charge < -0.3 is 9.47 Å². The molecule has 0 bridgehead atoms. The fourth-order valence-corrected chi connectivity index (χ4v) is 2.97. The van der Waals surface area contributed by atoms with Crippen LogP contribution in [0.15, 0.2) is 59.2 Å². The van der Waals surface area contributed by atoms with E-state index in [1.165, 1.54) is 0 Å². The van der Waals surface area contributed by atoms with Crippen molar-refractivity contribution in [2.45, 2.75) is 6.61 Å². The van der Waals surface area contributed by atoms with Crippen molar-refractivity contribution in [2.24, 2.45) is 0 Å². The van der Waals surface area contributed by atoms with Crippen molar-refractivity contribution in [1.29, 1.82) is 0 Å². The summed E-state index contributed by atoms with van der Waals surface area (Å²) in [4.78, 5) is 0. The summed E-state index contributed by atoms with van der Waals surface area (Å²) in [6.45, 7) is 0.468. The second kappa shape index (κ2) is 7.35. The predicted molar refractivity (Wildman–Crippen MR) is 101 cm³/mol. The smallest absolute Gasteiger partial charge is 0.247 e. The van der Waals surface area contributed by atoms with E-state index in [-0.39, 0.29) is 0 Å². The quantitative estimate of drug-likeness (QED) is 0.487. The van der Waals surface area contributed by atoms with E-state index in [4.69, 9.17) is 9.47 Å². The molecule has 0 atom stereocenters. The van der Waals surface area contributed by atoms with Crippen molar-refractivity contribution >= 4 is 38.5 Å². The van der Waals surface area contributed by atoms with Crippen molar-refractivity contribution in [3.63, 3.8) is 0 Å². The lowest BCUT2D eigenvalue weighted by Gasteiger charge is -2.05. The fourth-order valence-electron chi connectivity index (χ4n) is 2.06. The number of aromatic nitrogens is 2. The van der Waals surface area contributed by atoms with Crippen molar-refractivity contribution < 1.29 is 9.47 Å². The molecule has 0 saturated carbocycles. The first-order valence-electron chi connectivity index (χ1n) is 6.92. The number of halogens is 2. The van der Waals surface area contributed by atoms with Gasteiger partial charge in [-0.25, -0.2) is 4.68 Å². The highest BCUT2D eigenvalue weighted by Gasteiger charge is 2.09. The molecule has 0 unspecified atom stereocenters. The maximum absolute atomic E-state index is 5.84. The van der Waals surface area contributed by atoms with E-state index >= 15 is 0 Å². The van der Waals surface area contributed by atoms with Crippen LogP contribution in [-0.4, -0.2) is 16.9 Å². The van der Waals surface area contributed by atoms with Crippen LogP contribution >= 0.6 is 38.5 Å². The first-order chi connectivity index (χ1) is 11.2. The standard InChI is InChI=1S/C17H14BrIN2O2/c1-22-15-7-5-12(6-8-15)11-23-17-16(19)10-21(20-17)14-4-2-3-13(18)9-14/h2-10H,11H2,1H3. The van der Waals surface area contributed by atoms with Gasteiger partial charge in [0.25, 0.3) is 0 Å². The highest BCUT2D eigenvalue weighted by atomic mass is 127. The van der Waals surface area contributed by atoms with Gasteiger partial charge >= 0.3 is 0 Å². The molecule has 0 fully saturated rings. The molecular formula is C17H14BrIN2O2. The van der Waals surface area contributed by atoms with Crippen LogP contribution in [0.2, 0.25) is 0 Å². The lowest BCUT2D eigenvalue weighted by Crippen LogP contribution is -1.99. The van der Waals surface area contributed by atoms with Crippen molar-refractivity contribution in [3.05, 3.63) is 68.3 Å². The molecule has 0 radical (unpaired) electrons. The van der Waals surface area contributed by atoms with Crippen LogP contribution in [0.3, 0.4) is 0 Å². The third-order valence-electron chi connectivity index (χ3n) is 3.25. The largest absolute Gasteiger partial charge is 0.497 e. The molecule has 0 N–H and O–H groups in total. The van der Waals surface area contributed by atoms with Gasteiger partial charge in [0.05, 0.1) is 16.4 Å². The van der Waals surface area contributed by atoms with Gasteiger partial charge in [-0.05, 0) is 58.5 Å². The second-order valence-corrected chi connectivity index (χ2v) is 6.92. The van der Waals surface area contributed by atoms with Crippen LogP contribution in [0, 0.1) is 3.57 Å². The first-order valence-corrected chi connectivity index (χ1v) is 8.80. The maximum Gasteiger partial charge on any atom is 0.247 e. The van der Waals surface area contributed by atoms with Crippen molar-refractivity contribution in [1.82, 2.24) is 9.78 Å². The number of nitrogens with zero attached hydrogens (tertiary/aromatic N) is 2. The van der Waals surface area contributed by atoms with Crippen LogP contribution in [0.5, 0.6) is 11.6 Å². The average Bonchev–Trinajstić information content (AvgIpc) is 2.94. The van der Waals surface area contributed by atoms with Gasteiger partial charge in [-0.1, -0.05) is 34.1 Å². The molecule has 0 aliphatic carbocycles. The summed E-state index contributed by atoms with van der Waals surface area (Å²) < 4.78 is 14.8. The SMILES string of the molecule is COc1ccc(COc2nn(-c3cccc(Br)c3)cc2I)cc1. The lowest BCUT2D eigenvalue weighted by atomic mass is 10.2. The molecule has 0 aliphatic rings. The molecule has 118 valence electrons. The predicted octanol–water partition coefficient (Wildman–Crippen LogP) is 4.83. The summed E-state index contributed by atoms with van der Waals surface area (Å²) in [5, 5.41) is 4.51. The van der Waals surface area contributed by atoms with Gasteiger partial charge in [-0.15, -0.1) is 5.10 Å². The van der Waals surface area contributed by atoms with E-state index in [1.807, 2.05) is 59.4 Å². The van der Waals surface area contributed by atoms with Gasteiger partial charge in [0, 0.05) is 10.7 Å².